The van der Waals surface area contributed by atoms with E-state index in [0.717, 1.165) is 54.1 Å². The molecule has 0 spiro atoms. The fraction of sp³-hybridized carbons (Fsp3) is 0.381. The molecule has 1 saturated heterocycles. The van der Waals surface area contributed by atoms with E-state index in [0.29, 0.717) is 29.6 Å². The number of carbonyl (C=O) groups excluding carboxylic acids is 1. The molecule has 3 heterocycles. The molecular weight excluding hydrogens is 411 g/mol. The van der Waals surface area contributed by atoms with Gasteiger partial charge in [-0.05, 0) is 55.3 Å². The van der Waals surface area contributed by atoms with Crippen molar-refractivity contribution in [2.75, 3.05) is 26.7 Å². The smallest absolute Gasteiger partial charge is 0.257 e. The molecule has 1 amide bonds. The second-order valence-electron chi connectivity index (χ2n) is 7.26. The van der Waals surface area contributed by atoms with Crippen LogP contribution in [0.25, 0.3) is 0 Å². The van der Waals surface area contributed by atoms with Gasteiger partial charge in [-0.15, -0.1) is 0 Å². The second kappa shape index (κ2) is 8.69. The monoisotopic (exact) mass is 432 g/mol. The van der Waals surface area contributed by atoms with Crippen molar-refractivity contribution < 1.29 is 9.53 Å². The van der Waals surface area contributed by atoms with Crippen LogP contribution >= 0.6 is 23.2 Å². The minimum absolute atomic E-state index is 0.00945. The first kappa shape index (κ1) is 20.1. The molecule has 1 aromatic carbocycles. The van der Waals surface area contributed by atoms with Crippen molar-refractivity contribution in [2.24, 2.45) is 5.10 Å². The van der Waals surface area contributed by atoms with Crippen molar-refractivity contribution >= 4 is 34.8 Å². The van der Waals surface area contributed by atoms with Gasteiger partial charge in [-0.2, -0.15) is 5.10 Å². The molecule has 152 valence electrons. The number of carbonyl (C=O) groups is 1. The Kier molecular flexibility index (Phi) is 6.04. The fourth-order valence-corrected chi connectivity index (χ4v) is 4.27. The highest BCUT2D eigenvalue weighted by molar-refractivity contribution is 6.36. The number of hydrogen-bond acceptors (Lipinski definition) is 5. The molecule has 1 aromatic heterocycles. The highest BCUT2D eigenvalue weighted by Crippen LogP contribution is 2.29. The van der Waals surface area contributed by atoms with Crippen LogP contribution in [0.5, 0.6) is 5.75 Å². The second-order valence-corrected chi connectivity index (χ2v) is 8.08. The number of nitrogens with zero attached hydrogens (tertiary/aromatic N) is 4. The zero-order chi connectivity index (χ0) is 20.4. The number of pyridine rings is 1. The molecule has 8 heteroatoms. The van der Waals surface area contributed by atoms with Gasteiger partial charge in [0.25, 0.3) is 5.91 Å². The van der Waals surface area contributed by atoms with Crippen LogP contribution in [-0.4, -0.2) is 53.3 Å². The van der Waals surface area contributed by atoms with Crippen LogP contribution in [0.3, 0.4) is 0 Å². The van der Waals surface area contributed by atoms with Crippen molar-refractivity contribution in [1.29, 1.82) is 0 Å². The average Bonchev–Trinajstić information content (AvgIpc) is 3.23. The zero-order valence-electron chi connectivity index (χ0n) is 16.2. The summed E-state index contributed by atoms with van der Waals surface area (Å²) in [7, 11) is 1.63. The summed E-state index contributed by atoms with van der Waals surface area (Å²) in [6, 6.07) is 5.82. The summed E-state index contributed by atoms with van der Waals surface area (Å²) in [6.45, 7) is 2.72. The number of ether oxygens (including phenoxy) is 1. The van der Waals surface area contributed by atoms with Crippen LogP contribution in [0.4, 0.5) is 0 Å². The number of likely N-dealkylation sites (tertiary alicyclic amines) is 1. The van der Waals surface area contributed by atoms with Gasteiger partial charge in [-0.1, -0.05) is 23.2 Å². The maximum Gasteiger partial charge on any atom is 0.257 e. The van der Waals surface area contributed by atoms with Crippen LogP contribution in [-0.2, 0) is 17.8 Å². The largest absolute Gasteiger partial charge is 0.497 e. The normalized spacial score (nSPS) is 16.5. The summed E-state index contributed by atoms with van der Waals surface area (Å²) in [5.41, 5.74) is 3.46. The highest BCUT2D eigenvalue weighted by atomic mass is 35.5. The number of aromatic nitrogens is 1. The molecule has 0 saturated carbocycles. The number of benzene rings is 1. The van der Waals surface area contributed by atoms with Gasteiger partial charge in [0.05, 0.1) is 36.0 Å². The van der Waals surface area contributed by atoms with E-state index in [2.05, 4.69) is 9.88 Å². The molecule has 0 radical (unpaired) electrons. The topological polar surface area (TPSA) is 58.0 Å². The summed E-state index contributed by atoms with van der Waals surface area (Å²) in [4.78, 5) is 19.1. The van der Waals surface area contributed by atoms with Crippen molar-refractivity contribution in [3.05, 3.63) is 57.3 Å². The molecule has 0 unspecified atom stereocenters. The molecule has 0 bridgehead atoms. The Labute approximate surface area is 180 Å². The van der Waals surface area contributed by atoms with E-state index in [1.54, 1.807) is 24.5 Å². The third-order valence-electron chi connectivity index (χ3n) is 5.33. The molecule has 0 aliphatic carbocycles. The first-order valence-corrected chi connectivity index (χ1v) is 10.4. The minimum Gasteiger partial charge on any atom is -0.497 e. The van der Waals surface area contributed by atoms with E-state index in [4.69, 9.17) is 33.0 Å². The average molecular weight is 433 g/mol. The number of hydrazone groups is 1. The molecule has 29 heavy (non-hydrogen) atoms. The zero-order valence-corrected chi connectivity index (χ0v) is 17.7. The van der Waals surface area contributed by atoms with Crippen molar-refractivity contribution in [3.63, 3.8) is 0 Å². The van der Waals surface area contributed by atoms with Crippen LogP contribution in [0.1, 0.15) is 29.5 Å². The van der Waals surface area contributed by atoms with Gasteiger partial charge in [0.15, 0.2) is 0 Å². The van der Waals surface area contributed by atoms with E-state index in [9.17, 15) is 4.79 Å². The van der Waals surface area contributed by atoms with Crippen LogP contribution in [0.15, 0.2) is 35.7 Å². The molecule has 2 aliphatic heterocycles. The first-order valence-electron chi connectivity index (χ1n) is 9.60. The molecule has 0 atom stereocenters. The number of amides is 1. The van der Waals surface area contributed by atoms with Gasteiger partial charge in [-0.3, -0.25) is 14.7 Å². The van der Waals surface area contributed by atoms with Gasteiger partial charge in [0.2, 0.25) is 0 Å². The van der Waals surface area contributed by atoms with Crippen LogP contribution in [0.2, 0.25) is 10.0 Å². The standard InChI is InChI=1S/C21H22Cl2N4O2/c1-29-15-4-5-16-14(8-15)12-27(21(28)13-26-6-2-3-7-26)25-20(16)9-17-18(22)10-24-11-19(17)23/h4-5,8,10-11H,2-3,6-7,9,12-13H2,1H3. The van der Waals surface area contributed by atoms with E-state index >= 15 is 0 Å². The summed E-state index contributed by atoms with van der Waals surface area (Å²) >= 11 is 12.7. The Morgan fingerprint density at radius 1 is 1.17 bits per heavy atom. The van der Waals surface area contributed by atoms with Crippen LogP contribution < -0.4 is 4.74 Å². The lowest BCUT2D eigenvalue weighted by Gasteiger charge is -2.28. The Bertz CT molecular complexity index is 937. The maximum absolute atomic E-state index is 12.9. The van der Waals surface area contributed by atoms with E-state index in [-0.39, 0.29) is 5.91 Å². The Morgan fingerprint density at radius 2 is 1.90 bits per heavy atom. The quantitative estimate of drug-likeness (QED) is 0.720. The Balaban J connectivity index is 1.67. The summed E-state index contributed by atoms with van der Waals surface area (Å²) in [5, 5.41) is 7.21. The number of methoxy groups -OCH3 is 1. The minimum atomic E-state index is -0.00945. The number of halogens is 2. The van der Waals surface area contributed by atoms with Crippen molar-refractivity contribution in [1.82, 2.24) is 14.9 Å². The summed E-state index contributed by atoms with van der Waals surface area (Å²) < 4.78 is 5.37. The Morgan fingerprint density at radius 3 is 2.59 bits per heavy atom. The third kappa shape index (κ3) is 4.39. The molecule has 1 fully saturated rings. The van der Waals surface area contributed by atoms with Crippen LogP contribution in [0, 0.1) is 0 Å². The summed E-state index contributed by atoms with van der Waals surface area (Å²) in [5.74, 6) is 0.738. The molecule has 0 N–H and O–H groups in total. The maximum atomic E-state index is 12.9. The molecule has 4 rings (SSSR count). The summed E-state index contributed by atoms with van der Waals surface area (Å²) in [6.07, 6.45) is 5.82. The SMILES string of the molecule is COc1ccc2c(c1)CN(C(=O)CN1CCCC1)N=C2Cc1c(Cl)cncc1Cl. The lowest BCUT2D eigenvalue weighted by Crippen LogP contribution is -2.39. The number of hydrogen-bond donors (Lipinski definition) is 0. The predicted molar refractivity (Wildman–Crippen MR) is 114 cm³/mol. The Hall–Kier alpha value is -2.15. The van der Waals surface area contributed by atoms with E-state index in [1.165, 1.54) is 0 Å². The molecule has 2 aliphatic rings. The predicted octanol–water partition coefficient (Wildman–Crippen LogP) is 3.78. The van der Waals surface area contributed by atoms with E-state index in [1.807, 2.05) is 18.2 Å². The lowest BCUT2D eigenvalue weighted by atomic mass is 9.96. The van der Waals surface area contributed by atoms with E-state index < -0.39 is 0 Å². The van der Waals surface area contributed by atoms with Gasteiger partial charge < -0.3 is 4.74 Å². The van der Waals surface area contributed by atoms with Gasteiger partial charge >= 0.3 is 0 Å². The van der Waals surface area contributed by atoms with Gasteiger partial charge in [-0.25, -0.2) is 5.01 Å². The van der Waals surface area contributed by atoms with Gasteiger partial charge in [0, 0.05) is 24.4 Å². The molecule has 6 nitrogen and oxygen atoms in total. The van der Waals surface area contributed by atoms with Gasteiger partial charge in [0.1, 0.15) is 5.75 Å². The fourth-order valence-electron chi connectivity index (χ4n) is 3.77. The molecule has 2 aromatic rings. The number of rotatable bonds is 5. The van der Waals surface area contributed by atoms with Crippen molar-refractivity contribution in [3.8, 4) is 5.75 Å². The number of fused-ring (bicyclic) bond motifs is 1. The highest BCUT2D eigenvalue weighted by Gasteiger charge is 2.26. The molecular formula is C21H22Cl2N4O2. The van der Waals surface area contributed by atoms with Crippen molar-refractivity contribution in [2.45, 2.75) is 25.8 Å². The first-order chi connectivity index (χ1) is 14.0. The third-order valence-corrected chi connectivity index (χ3v) is 5.98. The lowest BCUT2D eigenvalue weighted by molar-refractivity contribution is -0.133.